The van der Waals surface area contributed by atoms with Gasteiger partial charge in [-0.05, 0) is 24.5 Å². The zero-order chi connectivity index (χ0) is 13.7. The molecule has 0 aliphatic carbocycles. The normalized spacial score (nSPS) is 12.8. The van der Waals surface area contributed by atoms with Gasteiger partial charge in [0.2, 0.25) is 0 Å². The van der Waals surface area contributed by atoms with Crippen molar-refractivity contribution in [1.82, 2.24) is 15.1 Å². The minimum Gasteiger partial charge on any atom is -0.310 e. The van der Waals surface area contributed by atoms with Crippen LogP contribution in [0.3, 0.4) is 0 Å². The number of nitrogens with one attached hydrogen (secondary N) is 1. The smallest absolute Gasteiger partial charge is 0.0645 e. The van der Waals surface area contributed by atoms with E-state index >= 15 is 0 Å². The molecule has 2 rings (SSSR count). The topological polar surface area (TPSA) is 29.9 Å². The lowest BCUT2D eigenvalue weighted by Gasteiger charge is -2.20. The van der Waals surface area contributed by atoms with Crippen LogP contribution in [-0.2, 0) is 6.54 Å². The van der Waals surface area contributed by atoms with E-state index in [1.807, 2.05) is 29.1 Å². The summed E-state index contributed by atoms with van der Waals surface area (Å²) in [6.07, 6.45) is 5.19. The van der Waals surface area contributed by atoms with Crippen molar-refractivity contribution in [1.29, 1.82) is 0 Å². The molecule has 0 saturated heterocycles. The first-order valence-electron chi connectivity index (χ1n) is 7.03. The predicted octanol–water partition coefficient (Wildman–Crippen LogP) is 3.40. The van der Waals surface area contributed by atoms with E-state index in [2.05, 4.69) is 49.5 Å². The molecular weight excluding hydrogens is 234 g/mol. The van der Waals surface area contributed by atoms with Crippen LogP contribution in [0, 0.1) is 5.92 Å². The standard InChI is InChI=1S/C16H23N3/c1-4-16(13(2)3)17-10-14-11-18-19(12-14)15-8-6-5-7-9-15/h5-9,11-13,16-17H,4,10H2,1-3H3. The largest absolute Gasteiger partial charge is 0.310 e. The van der Waals surface area contributed by atoms with Crippen molar-refractivity contribution in [2.45, 2.75) is 39.8 Å². The Hall–Kier alpha value is -1.61. The SMILES string of the molecule is CCC(NCc1cnn(-c2ccccc2)c1)C(C)C. The van der Waals surface area contributed by atoms with Crippen LogP contribution in [0.2, 0.25) is 0 Å². The zero-order valence-corrected chi connectivity index (χ0v) is 12.0. The predicted molar refractivity (Wildman–Crippen MR) is 79.3 cm³/mol. The molecule has 1 heterocycles. The molecule has 3 heteroatoms. The van der Waals surface area contributed by atoms with Crippen LogP contribution in [0.25, 0.3) is 5.69 Å². The van der Waals surface area contributed by atoms with Gasteiger partial charge in [0.05, 0.1) is 11.9 Å². The van der Waals surface area contributed by atoms with E-state index < -0.39 is 0 Å². The van der Waals surface area contributed by atoms with E-state index in [4.69, 9.17) is 0 Å². The number of hydrogen-bond donors (Lipinski definition) is 1. The number of aromatic nitrogens is 2. The Morgan fingerprint density at radius 1 is 1.21 bits per heavy atom. The second-order valence-electron chi connectivity index (χ2n) is 5.27. The average Bonchev–Trinajstić information content (AvgIpc) is 2.89. The summed E-state index contributed by atoms with van der Waals surface area (Å²) < 4.78 is 1.92. The third-order valence-electron chi connectivity index (χ3n) is 3.47. The van der Waals surface area contributed by atoms with Gasteiger partial charge in [-0.3, -0.25) is 0 Å². The Bertz CT molecular complexity index is 488. The Labute approximate surface area is 115 Å². The molecule has 2 aromatic rings. The maximum atomic E-state index is 4.41. The van der Waals surface area contributed by atoms with Crippen LogP contribution in [0.1, 0.15) is 32.8 Å². The van der Waals surface area contributed by atoms with E-state index in [0.717, 1.165) is 18.7 Å². The van der Waals surface area contributed by atoms with Crippen molar-refractivity contribution in [2.75, 3.05) is 0 Å². The second-order valence-corrected chi connectivity index (χ2v) is 5.27. The lowest BCUT2D eigenvalue weighted by atomic mass is 10.0. The Morgan fingerprint density at radius 3 is 2.58 bits per heavy atom. The van der Waals surface area contributed by atoms with E-state index in [1.54, 1.807) is 0 Å². The zero-order valence-electron chi connectivity index (χ0n) is 12.0. The molecule has 0 saturated carbocycles. The van der Waals surface area contributed by atoms with Crippen molar-refractivity contribution in [3.05, 3.63) is 48.3 Å². The van der Waals surface area contributed by atoms with Gasteiger partial charge < -0.3 is 5.32 Å². The van der Waals surface area contributed by atoms with Gasteiger partial charge in [-0.15, -0.1) is 0 Å². The summed E-state index contributed by atoms with van der Waals surface area (Å²) in [7, 11) is 0. The quantitative estimate of drug-likeness (QED) is 0.859. The Kier molecular flexibility index (Phi) is 4.74. The van der Waals surface area contributed by atoms with E-state index in [-0.39, 0.29) is 0 Å². The van der Waals surface area contributed by atoms with Gasteiger partial charge in [-0.2, -0.15) is 5.10 Å². The number of rotatable bonds is 6. The van der Waals surface area contributed by atoms with Crippen LogP contribution in [0.4, 0.5) is 0 Å². The highest BCUT2D eigenvalue weighted by molar-refractivity contribution is 5.30. The van der Waals surface area contributed by atoms with Crippen LogP contribution in [-0.4, -0.2) is 15.8 Å². The molecule has 1 aromatic heterocycles. The van der Waals surface area contributed by atoms with Crippen molar-refractivity contribution in [3.63, 3.8) is 0 Å². The summed E-state index contributed by atoms with van der Waals surface area (Å²) in [4.78, 5) is 0. The number of hydrogen-bond acceptors (Lipinski definition) is 2. The lowest BCUT2D eigenvalue weighted by Crippen LogP contribution is -2.32. The van der Waals surface area contributed by atoms with Crippen LogP contribution < -0.4 is 5.32 Å². The highest BCUT2D eigenvalue weighted by Crippen LogP contribution is 2.10. The second kappa shape index (κ2) is 6.53. The molecule has 1 aromatic carbocycles. The molecule has 1 atom stereocenters. The van der Waals surface area contributed by atoms with Crippen LogP contribution in [0.5, 0.6) is 0 Å². The molecule has 0 bridgehead atoms. The van der Waals surface area contributed by atoms with E-state index in [0.29, 0.717) is 12.0 Å². The molecular formula is C16H23N3. The van der Waals surface area contributed by atoms with Crippen LogP contribution >= 0.6 is 0 Å². The molecule has 0 radical (unpaired) electrons. The van der Waals surface area contributed by atoms with E-state index in [9.17, 15) is 0 Å². The van der Waals surface area contributed by atoms with Gasteiger partial charge in [-0.25, -0.2) is 4.68 Å². The average molecular weight is 257 g/mol. The molecule has 1 unspecified atom stereocenters. The first kappa shape index (κ1) is 13.8. The maximum absolute atomic E-state index is 4.41. The van der Waals surface area contributed by atoms with E-state index in [1.165, 1.54) is 5.56 Å². The van der Waals surface area contributed by atoms with Gasteiger partial charge in [0.25, 0.3) is 0 Å². The Morgan fingerprint density at radius 2 is 1.95 bits per heavy atom. The number of nitrogens with zero attached hydrogens (tertiary/aromatic N) is 2. The summed E-state index contributed by atoms with van der Waals surface area (Å²) >= 11 is 0. The third kappa shape index (κ3) is 3.67. The van der Waals surface area contributed by atoms with Gasteiger partial charge in [0.1, 0.15) is 0 Å². The fraction of sp³-hybridized carbons (Fsp3) is 0.438. The fourth-order valence-corrected chi connectivity index (χ4v) is 2.27. The minimum absolute atomic E-state index is 0.570. The number of benzene rings is 1. The number of para-hydroxylation sites is 1. The van der Waals surface area contributed by atoms with Crippen molar-refractivity contribution >= 4 is 0 Å². The monoisotopic (exact) mass is 257 g/mol. The van der Waals surface area contributed by atoms with Crippen LogP contribution in [0.15, 0.2) is 42.7 Å². The molecule has 0 amide bonds. The molecule has 0 aliphatic heterocycles. The maximum Gasteiger partial charge on any atom is 0.0645 e. The molecule has 1 N–H and O–H groups in total. The summed E-state index contributed by atoms with van der Waals surface area (Å²) in [5.41, 5.74) is 2.33. The van der Waals surface area contributed by atoms with Crippen molar-refractivity contribution in [3.8, 4) is 5.69 Å². The van der Waals surface area contributed by atoms with Gasteiger partial charge in [0, 0.05) is 24.3 Å². The third-order valence-corrected chi connectivity index (χ3v) is 3.47. The summed E-state index contributed by atoms with van der Waals surface area (Å²) in [6.45, 7) is 7.62. The molecule has 3 nitrogen and oxygen atoms in total. The summed E-state index contributed by atoms with van der Waals surface area (Å²) in [5, 5.41) is 8.01. The van der Waals surface area contributed by atoms with Gasteiger partial charge in [-0.1, -0.05) is 39.0 Å². The fourth-order valence-electron chi connectivity index (χ4n) is 2.27. The summed E-state index contributed by atoms with van der Waals surface area (Å²) in [6, 6.07) is 10.8. The van der Waals surface area contributed by atoms with Gasteiger partial charge >= 0.3 is 0 Å². The molecule has 0 spiro atoms. The molecule has 19 heavy (non-hydrogen) atoms. The molecule has 0 aliphatic rings. The summed E-state index contributed by atoms with van der Waals surface area (Å²) in [5.74, 6) is 0.661. The first-order chi connectivity index (χ1) is 9.20. The Balaban J connectivity index is 1.98. The highest BCUT2D eigenvalue weighted by atomic mass is 15.3. The van der Waals surface area contributed by atoms with Crippen molar-refractivity contribution in [2.24, 2.45) is 5.92 Å². The highest BCUT2D eigenvalue weighted by Gasteiger charge is 2.10. The molecule has 102 valence electrons. The first-order valence-corrected chi connectivity index (χ1v) is 7.03. The minimum atomic E-state index is 0.570. The van der Waals surface area contributed by atoms with Crippen molar-refractivity contribution < 1.29 is 0 Å². The lowest BCUT2D eigenvalue weighted by molar-refractivity contribution is 0.387. The molecule has 0 fully saturated rings. The van der Waals surface area contributed by atoms with Gasteiger partial charge in [0.15, 0.2) is 0 Å².